The van der Waals surface area contributed by atoms with Crippen molar-refractivity contribution < 1.29 is 9.59 Å². The zero-order chi connectivity index (χ0) is 18.4. The third-order valence-electron chi connectivity index (χ3n) is 3.40. The van der Waals surface area contributed by atoms with Crippen LogP contribution in [-0.2, 0) is 11.3 Å². The molecule has 2 rings (SSSR count). The number of hydrogen-bond acceptors (Lipinski definition) is 5. The quantitative estimate of drug-likeness (QED) is 0.584. The first-order valence-electron chi connectivity index (χ1n) is 7.80. The fourth-order valence-electron chi connectivity index (χ4n) is 2.27. The Morgan fingerprint density at radius 2 is 2.00 bits per heavy atom. The van der Waals surface area contributed by atoms with Gasteiger partial charge in [0.05, 0.1) is 5.25 Å². The molecule has 0 unspecified atom stereocenters. The molecule has 0 spiro atoms. The van der Waals surface area contributed by atoms with Crippen molar-refractivity contribution in [1.82, 2.24) is 20.1 Å². The number of thioether (sulfide) groups is 1. The van der Waals surface area contributed by atoms with Crippen molar-refractivity contribution in [2.75, 3.05) is 0 Å². The fourth-order valence-corrected chi connectivity index (χ4v) is 3.31. The summed E-state index contributed by atoms with van der Waals surface area (Å²) in [4.78, 5) is 23.2. The van der Waals surface area contributed by atoms with E-state index in [-0.39, 0.29) is 5.92 Å². The molecule has 8 heteroatoms. The predicted octanol–water partition coefficient (Wildman–Crippen LogP) is 2.44. The molecule has 0 aliphatic carbocycles. The van der Waals surface area contributed by atoms with Crippen LogP contribution in [0.15, 0.2) is 48.1 Å². The van der Waals surface area contributed by atoms with Crippen LogP contribution >= 0.6 is 11.8 Å². The number of benzene rings is 1. The third-order valence-corrected chi connectivity index (χ3v) is 4.93. The second-order valence-electron chi connectivity index (χ2n) is 5.71. The molecule has 0 saturated carbocycles. The van der Waals surface area contributed by atoms with E-state index in [1.54, 1.807) is 6.08 Å². The van der Waals surface area contributed by atoms with Crippen molar-refractivity contribution in [2.24, 2.45) is 11.7 Å². The largest absolute Gasteiger partial charge is 0.351 e. The van der Waals surface area contributed by atoms with E-state index in [9.17, 15) is 9.59 Å². The molecule has 0 saturated heterocycles. The van der Waals surface area contributed by atoms with Gasteiger partial charge in [-0.3, -0.25) is 14.7 Å². The number of primary amides is 1. The monoisotopic (exact) mass is 359 g/mol. The molecule has 3 amide bonds. The average molecular weight is 359 g/mol. The summed E-state index contributed by atoms with van der Waals surface area (Å²) in [5.74, 6) is 0.223. The molecule has 0 bridgehead atoms. The van der Waals surface area contributed by atoms with Crippen LogP contribution in [-0.4, -0.2) is 32.0 Å². The minimum atomic E-state index is -0.867. The average Bonchev–Trinajstić information content (AvgIpc) is 2.95. The Kier molecular flexibility index (Phi) is 6.35. The molecule has 0 radical (unpaired) electrons. The SMILES string of the molecule is C=CCn1c(S[C@H](C(=O)NC(N)=O)C(C)C)nnc1-c1ccccc1. The van der Waals surface area contributed by atoms with E-state index in [2.05, 4.69) is 22.1 Å². The molecule has 3 N–H and O–H groups in total. The standard InChI is InChI=1S/C17H21N5O2S/c1-4-10-22-14(12-8-6-5-7-9-12)20-21-17(22)25-13(11(2)3)15(23)19-16(18)24/h4-9,11,13H,1,10H2,2-3H3,(H3,18,19,23,24)/t13-/m0/s1. The summed E-state index contributed by atoms with van der Waals surface area (Å²) < 4.78 is 1.89. The molecular formula is C17H21N5O2S. The Labute approximate surface area is 150 Å². The van der Waals surface area contributed by atoms with Gasteiger partial charge in [0.1, 0.15) is 0 Å². The number of carbonyl (C=O) groups is 2. The van der Waals surface area contributed by atoms with Crippen LogP contribution in [0.4, 0.5) is 4.79 Å². The maximum Gasteiger partial charge on any atom is 0.318 e. The fraction of sp³-hybridized carbons (Fsp3) is 0.294. The van der Waals surface area contributed by atoms with Crippen molar-refractivity contribution in [3.8, 4) is 11.4 Å². The van der Waals surface area contributed by atoms with Gasteiger partial charge in [-0.05, 0) is 5.92 Å². The van der Waals surface area contributed by atoms with Gasteiger partial charge in [0, 0.05) is 12.1 Å². The van der Waals surface area contributed by atoms with Crippen molar-refractivity contribution >= 4 is 23.7 Å². The summed E-state index contributed by atoms with van der Waals surface area (Å²) in [5, 5.41) is 10.7. The highest BCUT2D eigenvalue weighted by Crippen LogP contribution is 2.30. The summed E-state index contributed by atoms with van der Waals surface area (Å²) in [5.41, 5.74) is 5.98. The number of urea groups is 1. The number of rotatable bonds is 7. The van der Waals surface area contributed by atoms with Crippen LogP contribution in [0.2, 0.25) is 0 Å². The number of allylic oxidation sites excluding steroid dienone is 1. The molecule has 2 aromatic rings. The van der Waals surface area contributed by atoms with Gasteiger partial charge in [0.25, 0.3) is 0 Å². The van der Waals surface area contributed by atoms with Crippen molar-refractivity contribution in [3.63, 3.8) is 0 Å². The van der Waals surface area contributed by atoms with Crippen molar-refractivity contribution in [1.29, 1.82) is 0 Å². The molecule has 0 fully saturated rings. The van der Waals surface area contributed by atoms with Crippen LogP contribution in [0.5, 0.6) is 0 Å². The predicted molar refractivity (Wildman–Crippen MR) is 97.9 cm³/mol. The summed E-state index contributed by atoms with van der Waals surface area (Å²) >= 11 is 1.25. The molecule has 25 heavy (non-hydrogen) atoms. The Morgan fingerprint density at radius 1 is 1.32 bits per heavy atom. The molecule has 1 aromatic heterocycles. The number of amides is 3. The van der Waals surface area contributed by atoms with Gasteiger partial charge in [0.15, 0.2) is 11.0 Å². The van der Waals surface area contributed by atoms with Crippen molar-refractivity contribution in [2.45, 2.75) is 30.8 Å². The number of nitrogens with two attached hydrogens (primary N) is 1. The van der Waals surface area contributed by atoms with Crippen LogP contribution < -0.4 is 11.1 Å². The van der Waals surface area contributed by atoms with E-state index >= 15 is 0 Å². The molecule has 1 aromatic carbocycles. The third kappa shape index (κ3) is 4.69. The van der Waals surface area contributed by atoms with E-state index in [1.807, 2.05) is 48.7 Å². The van der Waals surface area contributed by atoms with Crippen molar-refractivity contribution in [3.05, 3.63) is 43.0 Å². The first-order chi connectivity index (χ1) is 11.9. The van der Waals surface area contributed by atoms with Gasteiger partial charge in [-0.2, -0.15) is 0 Å². The van der Waals surface area contributed by atoms with Gasteiger partial charge in [0.2, 0.25) is 5.91 Å². The van der Waals surface area contributed by atoms with E-state index in [0.29, 0.717) is 17.5 Å². The van der Waals surface area contributed by atoms with Crippen LogP contribution in [0, 0.1) is 5.92 Å². The number of carbonyl (C=O) groups excluding carboxylic acids is 2. The lowest BCUT2D eigenvalue weighted by atomic mass is 10.1. The number of nitrogens with zero attached hydrogens (tertiary/aromatic N) is 3. The Hall–Kier alpha value is -2.61. The smallest absolute Gasteiger partial charge is 0.318 e. The lowest BCUT2D eigenvalue weighted by molar-refractivity contribution is -0.120. The highest BCUT2D eigenvalue weighted by atomic mass is 32.2. The van der Waals surface area contributed by atoms with Crippen LogP contribution in [0.1, 0.15) is 13.8 Å². The van der Waals surface area contributed by atoms with Crippen LogP contribution in [0.25, 0.3) is 11.4 Å². The minimum Gasteiger partial charge on any atom is -0.351 e. The van der Waals surface area contributed by atoms with Gasteiger partial charge >= 0.3 is 6.03 Å². The van der Waals surface area contributed by atoms with Crippen LogP contribution in [0.3, 0.4) is 0 Å². The first-order valence-corrected chi connectivity index (χ1v) is 8.68. The molecular weight excluding hydrogens is 338 g/mol. The Balaban J connectivity index is 2.34. The molecule has 7 nitrogen and oxygen atoms in total. The molecule has 1 atom stereocenters. The highest BCUT2D eigenvalue weighted by molar-refractivity contribution is 8.00. The minimum absolute atomic E-state index is 0.0293. The maximum atomic E-state index is 12.2. The van der Waals surface area contributed by atoms with E-state index in [4.69, 9.17) is 5.73 Å². The van der Waals surface area contributed by atoms with E-state index in [1.165, 1.54) is 11.8 Å². The second-order valence-corrected chi connectivity index (χ2v) is 6.82. The Bertz CT molecular complexity index is 758. The number of aromatic nitrogens is 3. The van der Waals surface area contributed by atoms with Gasteiger partial charge in [-0.25, -0.2) is 4.79 Å². The summed E-state index contributed by atoms with van der Waals surface area (Å²) in [6.45, 7) is 8.06. The number of imide groups is 1. The summed E-state index contributed by atoms with van der Waals surface area (Å²) in [6.07, 6.45) is 1.74. The molecule has 0 aliphatic heterocycles. The normalized spacial score (nSPS) is 12.0. The van der Waals surface area contributed by atoms with Gasteiger partial charge < -0.3 is 5.73 Å². The highest BCUT2D eigenvalue weighted by Gasteiger charge is 2.27. The lowest BCUT2D eigenvalue weighted by Gasteiger charge is -2.18. The second kappa shape index (κ2) is 8.48. The zero-order valence-electron chi connectivity index (χ0n) is 14.2. The van der Waals surface area contributed by atoms with E-state index in [0.717, 1.165) is 5.56 Å². The summed E-state index contributed by atoms with van der Waals surface area (Å²) in [6, 6.07) is 8.79. The molecule has 0 aliphatic rings. The number of nitrogens with one attached hydrogen (secondary N) is 1. The zero-order valence-corrected chi connectivity index (χ0v) is 15.0. The molecule has 132 valence electrons. The first kappa shape index (κ1) is 18.7. The topological polar surface area (TPSA) is 103 Å². The summed E-state index contributed by atoms with van der Waals surface area (Å²) in [7, 11) is 0. The van der Waals surface area contributed by atoms with Gasteiger partial charge in [-0.15, -0.1) is 16.8 Å². The number of hydrogen-bond donors (Lipinski definition) is 2. The van der Waals surface area contributed by atoms with Gasteiger partial charge in [-0.1, -0.05) is 62.0 Å². The van der Waals surface area contributed by atoms with E-state index < -0.39 is 17.2 Å². The maximum absolute atomic E-state index is 12.2. The molecule has 1 heterocycles. The Morgan fingerprint density at radius 3 is 2.56 bits per heavy atom. The lowest BCUT2D eigenvalue weighted by Crippen LogP contribution is -2.42.